The summed E-state index contributed by atoms with van der Waals surface area (Å²) in [6.45, 7) is 3.20. The summed E-state index contributed by atoms with van der Waals surface area (Å²) in [5, 5.41) is 11.6. The lowest BCUT2D eigenvalue weighted by atomic mass is 9.92. The van der Waals surface area contributed by atoms with Crippen molar-refractivity contribution in [2.75, 3.05) is 13.7 Å². The normalized spacial score (nSPS) is 12.7. The van der Waals surface area contributed by atoms with Crippen molar-refractivity contribution in [1.29, 1.82) is 0 Å². The van der Waals surface area contributed by atoms with Crippen LogP contribution in [-0.4, -0.2) is 30.1 Å². The highest BCUT2D eigenvalue weighted by molar-refractivity contribution is 5.79. The highest BCUT2D eigenvalue weighted by Gasteiger charge is 2.48. The third-order valence-electron chi connectivity index (χ3n) is 4.16. The number of carbonyl (C=O) groups is 1. The number of rotatable bonds is 9. The number of para-hydroxylation sites is 1. The lowest BCUT2D eigenvalue weighted by Gasteiger charge is -2.21. The van der Waals surface area contributed by atoms with Crippen LogP contribution in [0.25, 0.3) is 0 Å². The van der Waals surface area contributed by atoms with E-state index in [0.29, 0.717) is 17.1 Å². The van der Waals surface area contributed by atoms with Crippen molar-refractivity contribution < 1.29 is 23.9 Å². The van der Waals surface area contributed by atoms with E-state index in [1.807, 2.05) is 30.3 Å². The first kappa shape index (κ1) is 20.2. The molecule has 1 unspecified atom stereocenters. The highest BCUT2D eigenvalue weighted by Crippen LogP contribution is 2.35. The van der Waals surface area contributed by atoms with Gasteiger partial charge in [-0.05, 0) is 18.6 Å². The average molecular weight is 373 g/mol. The summed E-state index contributed by atoms with van der Waals surface area (Å²) in [6.07, 6.45) is -0.180. The van der Waals surface area contributed by atoms with Gasteiger partial charge in [0.25, 0.3) is 0 Å². The quantitative estimate of drug-likeness (QED) is 0.380. The first-order valence-corrected chi connectivity index (χ1v) is 8.56. The molecule has 0 fully saturated rings. The van der Waals surface area contributed by atoms with E-state index in [1.54, 1.807) is 25.1 Å². The van der Waals surface area contributed by atoms with Crippen LogP contribution < -0.4 is 9.47 Å². The minimum absolute atomic E-state index is 0.0672. The Morgan fingerprint density at radius 2 is 1.85 bits per heavy atom. The Balaban J connectivity index is 2.35. The molecule has 0 saturated carbocycles. The van der Waals surface area contributed by atoms with Gasteiger partial charge in [-0.2, -0.15) is 0 Å². The van der Waals surface area contributed by atoms with E-state index in [-0.39, 0.29) is 19.6 Å². The molecule has 0 radical (unpaired) electrons. The molecular weight excluding hydrogens is 350 g/mol. The first-order chi connectivity index (χ1) is 12.9. The van der Waals surface area contributed by atoms with Crippen LogP contribution in [0.2, 0.25) is 0 Å². The van der Waals surface area contributed by atoms with Crippen LogP contribution >= 0.6 is 0 Å². The van der Waals surface area contributed by atoms with E-state index < -0.39 is 16.4 Å². The number of carbonyl (C=O) groups excluding carboxylic acids is 1. The van der Waals surface area contributed by atoms with E-state index in [1.165, 1.54) is 14.0 Å². The van der Waals surface area contributed by atoms with Gasteiger partial charge in [-0.1, -0.05) is 42.5 Å². The Kier molecular flexibility index (Phi) is 6.76. The predicted octanol–water partition coefficient (Wildman–Crippen LogP) is 3.42. The molecule has 0 N–H and O–H groups in total. The summed E-state index contributed by atoms with van der Waals surface area (Å²) < 4.78 is 16.2. The van der Waals surface area contributed by atoms with Crippen molar-refractivity contribution >= 4 is 5.97 Å². The molecule has 0 aliphatic rings. The van der Waals surface area contributed by atoms with Gasteiger partial charge in [0.2, 0.25) is 0 Å². The van der Waals surface area contributed by atoms with E-state index in [9.17, 15) is 14.9 Å². The van der Waals surface area contributed by atoms with Gasteiger partial charge in [-0.3, -0.25) is 10.1 Å². The molecule has 1 atom stereocenters. The zero-order valence-corrected chi connectivity index (χ0v) is 15.6. The summed E-state index contributed by atoms with van der Waals surface area (Å²) in [7, 11) is 1.49. The number of hydrogen-bond donors (Lipinski definition) is 0. The van der Waals surface area contributed by atoms with Crippen molar-refractivity contribution in [3.8, 4) is 11.5 Å². The number of ether oxygens (including phenoxy) is 3. The number of nitrogens with zero attached hydrogens (tertiary/aromatic N) is 1. The van der Waals surface area contributed by atoms with E-state index in [4.69, 9.17) is 14.2 Å². The monoisotopic (exact) mass is 373 g/mol. The van der Waals surface area contributed by atoms with Crippen LogP contribution in [-0.2, 0) is 22.6 Å². The third kappa shape index (κ3) is 4.75. The number of nitro groups is 1. The largest absolute Gasteiger partial charge is 0.493 e. The molecule has 7 nitrogen and oxygen atoms in total. The molecule has 2 rings (SSSR count). The second kappa shape index (κ2) is 9.02. The highest BCUT2D eigenvalue weighted by atomic mass is 16.6. The summed E-state index contributed by atoms with van der Waals surface area (Å²) in [4.78, 5) is 23.2. The Hall–Kier alpha value is -3.09. The molecule has 7 heteroatoms. The second-order valence-corrected chi connectivity index (χ2v) is 6.15. The van der Waals surface area contributed by atoms with Gasteiger partial charge < -0.3 is 14.2 Å². The molecule has 2 aromatic rings. The zero-order valence-electron chi connectivity index (χ0n) is 15.6. The fraction of sp³-hybridized carbons (Fsp3) is 0.350. The molecule has 0 aliphatic carbocycles. The van der Waals surface area contributed by atoms with Gasteiger partial charge in [0, 0.05) is 17.4 Å². The van der Waals surface area contributed by atoms with Crippen LogP contribution in [0.5, 0.6) is 11.5 Å². The molecular formula is C20H23NO6. The molecule has 144 valence electrons. The second-order valence-electron chi connectivity index (χ2n) is 6.15. The van der Waals surface area contributed by atoms with Crippen molar-refractivity contribution in [3.63, 3.8) is 0 Å². The molecule has 0 amide bonds. The van der Waals surface area contributed by atoms with Crippen LogP contribution in [0.1, 0.15) is 25.0 Å². The summed E-state index contributed by atoms with van der Waals surface area (Å²) in [5.74, 6) is -0.0638. The van der Waals surface area contributed by atoms with Crippen molar-refractivity contribution in [2.45, 2.75) is 32.4 Å². The molecule has 0 spiro atoms. The predicted molar refractivity (Wildman–Crippen MR) is 99.5 cm³/mol. The van der Waals surface area contributed by atoms with Gasteiger partial charge in [-0.15, -0.1) is 0 Å². The molecule has 0 bridgehead atoms. The van der Waals surface area contributed by atoms with Crippen molar-refractivity contribution in [2.24, 2.45) is 0 Å². The number of methoxy groups -OCH3 is 1. The van der Waals surface area contributed by atoms with Crippen LogP contribution in [0.15, 0.2) is 48.5 Å². The molecule has 0 aliphatic heterocycles. The summed E-state index contributed by atoms with van der Waals surface area (Å²) >= 11 is 0. The van der Waals surface area contributed by atoms with Crippen LogP contribution in [0.3, 0.4) is 0 Å². The first-order valence-electron chi connectivity index (χ1n) is 8.56. The SMILES string of the molecule is CCOC(=O)C(C)(Cc1cccc(OC)c1OCc1ccccc1)[N+](=O)[O-]. The van der Waals surface area contributed by atoms with Crippen LogP contribution in [0, 0.1) is 10.1 Å². The van der Waals surface area contributed by atoms with Gasteiger partial charge in [0.05, 0.1) is 20.1 Å². The topological polar surface area (TPSA) is 87.9 Å². The Labute approximate surface area is 158 Å². The molecule has 0 saturated heterocycles. The standard InChI is InChI=1S/C20H23NO6/c1-4-26-19(22)20(2,21(23)24)13-16-11-8-12-17(25-3)18(16)27-14-15-9-6-5-7-10-15/h5-12H,4,13-14H2,1-3H3. The molecule has 2 aromatic carbocycles. The summed E-state index contributed by atoms with van der Waals surface area (Å²) in [6, 6.07) is 14.6. The van der Waals surface area contributed by atoms with Crippen molar-refractivity contribution in [1.82, 2.24) is 0 Å². The molecule has 0 heterocycles. The van der Waals surface area contributed by atoms with Gasteiger partial charge >= 0.3 is 11.5 Å². The van der Waals surface area contributed by atoms with Gasteiger partial charge in [0.1, 0.15) is 6.61 Å². The minimum atomic E-state index is -1.92. The van der Waals surface area contributed by atoms with Gasteiger partial charge in [0.15, 0.2) is 11.5 Å². The Morgan fingerprint density at radius 1 is 1.15 bits per heavy atom. The molecule has 0 aromatic heterocycles. The maximum absolute atomic E-state index is 12.2. The van der Waals surface area contributed by atoms with Gasteiger partial charge in [-0.25, -0.2) is 4.79 Å². The van der Waals surface area contributed by atoms with E-state index in [0.717, 1.165) is 5.56 Å². The number of esters is 1. The maximum Gasteiger partial charge on any atom is 0.384 e. The fourth-order valence-corrected chi connectivity index (χ4v) is 2.62. The number of hydrogen-bond acceptors (Lipinski definition) is 6. The Morgan fingerprint density at radius 3 is 2.44 bits per heavy atom. The smallest absolute Gasteiger partial charge is 0.384 e. The fourth-order valence-electron chi connectivity index (χ4n) is 2.62. The van der Waals surface area contributed by atoms with E-state index in [2.05, 4.69) is 0 Å². The third-order valence-corrected chi connectivity index (χ3v) is 4.16. The van der Waals surface area contributed by atoms with Crippen molar-refractivity contribution in [3.05, 3.63) is 69.8 Å². The number of benzene rings is 2. The summed E-state index contributed by atoms with van der Waals surface area (Å²) in [5.41, 5.74) is -0.484. The lowest BCUT2D eigenvalue weighted by Crippen LogP contribution is -2.46. The average Bonchev–Trinajstić information content (AvgIpc) is 2.67. The minimum Gasteiger partial charge on any atom is -0.493 e. The molecule has 27 heavy (non-hydrogen) atoms. The maximum atomic E-state index is 12.2. The van der Waals surface area contributed by atoms with Crippen LogP contribution in [0.4, 0.5) is 0 Å². The Bertz CT molecular complexity index is 792. The van der Waals surface area contributed by atoms with E-state index >= 15 is 0 Å². The zero-order chi connectivity index (χ0) is 19.9. The lowest BCUT2D eigenvalue weighted by molar-refractivity contribution is -0.550.